The van der Waals surface area contributed by atoms with Gasteiger partial charge >= 0.3 is 0 Å². The molecule has 0 bridgehead atoms. The van der Waals surface area contributed by atoms with Crippen LogP contribution in [0, 0.1) is 0 Å². The smallest absolute Gasteiger partial charge is 0.131 e. The predicted octanol–water partition coefficient (Wildman–Crippen LogP) is 3.79. The van der Waals surface area contributed by atoms with Crippen LogP contribution in [0.4, 0.5) is 5.82 Å². The molecule has 0 aliphatic rings. The Labute approximate surface area is 106 Å². The normalized spacial score (nSPS) is 10.4. The molecular weight excluding hydrogens is 266 g/mol. The monoisotopic (exact) mass is 285 g/mol. The average Bonchev–Trinajstić information content (AvgIpc) is 2.28. The van der Waals surface area contributed by atoms with Gasteiger partial charge in [-0.3, -0.25) is 0 Å². The van der Waals surface area contributed by atoms with Crippen LogP contribution in [0.15, 0.2) is 10.7 Å². The van der Waals surface area contributed by atoms with E-state index in [0.29, 0.717) is 0 Å². The SMILES string of the molecule is CCCCCCNc1cc(Br)nc(CC)n1. The van der Waals surface area contributed by atoms with Crippen LogP contribution in [0.5, 0.6) is 0 Å². The van der Waals surface area contributed by atoms with Gasteiger partial charge in [0, 0.05) is 19.0 Å². The number of halogens is 1. The molecule has 0 aromatic carbocycles. The molecule has 0 aliphatic carbocycles. The van der Waals surface area contributed by atoms with Crippen LogP contribution in [0.1, 0.15) is 45.4 Å². The van der Waals surface area contributed by atoms with Gasteiger partial charge in [-0.15, -0.1) is 0 Å². The van der Waals surface area contributed by atoms with Gasteiger partial charge in [0.1, 0.15) is 16.2 Å². The van der Waals surface area contributed by atoms with Crippen molar-refractivity contribution in [1.29, 1.82) is 0 Å². The summed E-state index contributed by atoms with van der Waals surface area (Å²) in [6, 6.07) is 1.93. The molecule has 3 nitrogen and oxygen atoms in total. The number of anilines is 1. The fourth-order valence-corrected chi connectivity index (χ4v) is 1.90. The van der Waals surface area contributed by atoms with Gasteiger partial charge in [-0.1, -0.05) is 33.1 Å². The van der Waals surface area contributed by atoms with Gasteiger partial charge in [-0.25, -0.2) is 9.97 Å². The number of aromatic nitrogens is 2. The van der Waals surface area contributed by atoms with Crippen LogP contribution in [-0.2, 0) is 6.42 Å². The highest BCUT2D eigenvalue weighted by atomic mass is 79.9. The van der Waals surface area contributed by atoms with Crippen molar-refractivity contribution in [3.05, 3.63) is 16.5 Å². The van der Waals surface area contributed by atoms with Gasteiger partial charge < -0.3 is 5.32 Å². The highest BCUT2D eigenvalue weighted by Gasteiger charge is 2.00. The van der Waals surface area contributed by atoms with Gasteiger partial charge in [-0.2, -0.15) is 0 Å². The van der Waals surface area contributed by atoms with Crippen molar-refractivity contribution < 1.29 is 0 Å². The van der Waals surface area contributed by atoms with Crippen molar-refractivity contribution in [1.82, 2.24) is 9.97 Å². The van der Waals surface area contributed by atoms with Crippen LogP contribution < -0.4 is 5.32 Å². The minimum absolute atomic E-state index is 0.857. The van der Waals surface area contributed by atoms with Crippen molar-refractivity contribution in [3.63, 3.8) is 0 Å². The molecule has 0 fully saturated rings. The third-order valence-corrected chi connectivity index (χ3v) is 2.80. The fourth-order valence-electron chi connectivity index (χ4n) is 1.48. The first-order valence-electron chi connectivity index (χ1n) is 6.03. The molecule has 0 saturated carbocycles. The largest absolute Gasteiger partial charge is 0.370 e. The highest BCUT2D eigenvalue weighted by molar-refractivity contribution is 9.10. The molecule has 16 heavy (non-hydrogen) atoms. The minimum Gasteiger partial charge on any atom is -0.370 e. The van der Waals surface area contributed by atoms with Gasteiger partial charge in [-0.05, 0) is 22.4 Å². The number of unbranched alkanes of at least 4 members (excludes halogenated alkanes) is 3. The molecule has 1 rings (SSSR count). The Morgan fingerprint density at radius 1 is 1.19 bits per heavy atom. The van der Waals surface area contributed by atoms with E-state index in [9.17, 15) is 0 Å². The molecular formula is C12H20BrN3. The van der Waals surface area contributed by atoms with Gasteiger partial charge in [0.05, 0.1) is 0 Å². The fraction of sp³-hybridized carbons (Fsp3) is 0.667. The predicted molar refractivity (Wildman–Crippen MR) is 71.7 cm³/mol. The zero-order chi connectivity index (χ0) is 11.8. The van der Waals surface area contributed by atoms with Gasteiger partial charge in [0.25, 0.3) is 0 Å². The summed E-state index contributed by atoms with van der Waals surface area (Å²) in [4.78, 5) is 8.69. The van der Waals surface area contributed by atoms with E-state index in [1.165, 1.54) is 25.7 Å². The summed E-state index contributed by atoms with van der Waals surface area (Å²) >= 11 is 3.40. The standard InChI is InChI=1S/C12H20BrN3/c1-3-5-6-7-8-14-12-9-10(13)15-11(4-2)16-12/h9H,3-8H2,1-2H3,(H,14,15,16). The van der Waals surface area contributed by atoms with Crippen molar-refractivity contribution in [2.75, 3.05) is 11.9 Å². The molecule has 90 valence electrons. The van der Waals surface area contributed by atoms with E-state index < -0.39 is 0 Å². The second-order valence-corrected chi connectivity index (χ2v) is 4.65. The molecule has 1 aromatic heterocycles. The Balaban J connectivity index is 2.38. The number of aryl methyl sites for hydroxylation is 1. The maximum atomic E-state index is 4.42. The van der Waals surface area contributed by atoms with Crippen molar-refractivity contribution in [3.8, 4) is 0 Å². The van der Waals surface area contributed by atoms with Crippen molar-refractivity contribution >= 4 is 21.7 Å². The molecule has 1 heterocycles. The average molecular weight is 286 g/mol. The zero-order valence-electron chi connectivity index (χ0n) is 10.1. The quantitative estimate of drug-likeness (QED) is 0.612. The lowest BCUT2D eigenvalue weighted by Gasteiger charge is -2.06. The zero-order valence-corrected chi connectivity index (χ0v) is 11.7. The molecule has 0 unspecified atom stereocenters. The summed E-state index contributed by atoms with van der Waals surface area (Å²) in [6.45, 7) is 5.28. The summed E-state index contributed by atoms with van der Waals surface area (Å²) in [5.41, 5.74) is 0. The number of nitrogens with zero attached hydrogens (tertiary/aromatic N) is 2. The Morgan fingerprint density at radius 3 is 2.69 bits per heavy atom. The summed E-state index contributed by atoms with van der Waals surface area (Å²) < 4.78 is 0.857. The Morgan fingerprint density at radius 2 is 2.00 bits per heavy atom. The molecule has 4 heteroatoms. The molecule has 0 amide bonds. The van der Waals surface area contributed by atoms with Crippen molar-refractivity contribution in [2.45, 2.75) is 46.0 Å². The number of nitrogens with one attached hydrogen (secondary N) is 1. The molecule has 1 aromatic rings. The first-order valence-corrected chi connectivity index (χ1v) is 6.83. The van der Waals surface area contributed by atoms with Gasteiger partial charge in [0.15, 0.2) is 0 Å². The lowest BCUT2D eigenvalue weighted by Crippen LogP contribution is -2.05. The topological polar surface area (TPSA) is 37.8 Å². The summed E-state index contributed by atoms with van der Waals surface area (Å²) in [7, 11) is 0. The van der Waals surface area contributed by atoms with Crippen LogP contribution in [0.25, 0.3) is 0 Å². The molecule has 0 saturated heterocycles. The van der Waals surface area contributed by atoms with Crippen molar-refractivity contribution in [2.24, 2.45) is 0 Å². The summed E-state index contributed by atoms with van der Waals surface area (Å²) in [6.07, 6.45) is 5.95. The molecule has 0 radical (unpaired) electrons. The van der Waals surface area contributed by atoms with E-state index in [1.54, 1.807) is 0 Å². The van der Waals surface area contributed by atoms with Crippen LogP contribution in [0.3, 0.4) is 0 Å². The van der Waals surface area contributed by atoms with E-state index in [2.05, 4.69) is 45.1 Å². The molecule has 0 spiro atoms. The third-order valence-electron chi connectivity index (χ3n) is 2.39. The maximum Gasteiger partial charge on any atom is 0.131 e. The first kappa shape index (κ1) is 13.4. The first-order chi connectivity index (χ1) is 7.76. The third kappa shape index (κ3) is 4.92. The lowest BCUT2D eigenvalue weighted by atomic mass is 10.2. The molecule has 0 aliphatic heterocycles. The van der Waals surface area contributed by atoms with E-state index in [0.717, 1.165) is 29.2 Å². The highest BCUT2D eigenvalue weighted by Crippen LogP contribution is 2.12. The number of hydrogen-bond acceptors (Lipinski definition) is 3. The summed E-state index contributed by atoms with van der Waals surface area (Å²) in [5.74, 6) is 1.81. The Hall–Kier alpha value is -0.640. The maximum absolute atomic E-state index is 4.42. The van der Waals surface area contributed by atoms with E-state index in [4.69, 9.17) is 0 Å². The second kappa shape index (κ2) is 7.60. The Kier molecular flexibility index (Phi) is 6.38. The van der Waals surface area contributed by atoms with E-state index >= 15 is 0 Å². The second-order valence-electron chi connectivity index (χ2n) is 3.83. The van der Waals surface area contributed by atoms with Crippen LogP contribution in [0.2, 0.25) is 0 Å². The number of hydrogen-bond donors (Lipinski definition) is 1. The van der Waals surface area contributed by atoms with E-state index in [-0.39, 0.29) is 0 Å². The summed E-state index contributed by atoms with van der Waals surface area (Å²) in [5, 5.41) is 3.34. The van der Waals surface area contributed by atoms with Crippen LogP contribution >= 0.6 is 15.9 Å². The van der Waals surface area contributed by atoms with Crippen LogP contribution in [-0.4, -0.2) is 16.5 Å². The Bertz CT molecular complexity index is 315. The van der Waals surface area contributed by atoms with E-state index in [1.807, 2.05) is 6.07 Å². The molecule has 1 N–H and O–H groups in total. The lowest BCUT2D eigenvalue weighted by molar-refractivity contribution is 0.684. The minimum atomic E-state index is 0.857. The van der Waals surface area contributed by atoms with Gasteiger partial charge in [0.2, 0.25) is 0 Å². The number of rotatable bonds is 7. The molecule has 0 atom stereocenters.